The van der Waals surface area contributed by atoms with Crippen LogP contribution in [0, 0.1) is 0 Å². The van der Waals surface area contributed by atoms with Crippen molar-refractivity contribution in [2.75, 3.05) is 27.3 Å². The molecule has 1 saturated heterocycles. The fraction of sp³-hybridized carbons (Fsp3) is 0.296. The smallest absolute Gasteiger partial charge is 0.360 e. The van der Waals surface area contributed by atoms with Crippen molar-refractivity contribution >= 4 is 17.7 Å². The van der Waals surface area contributed by atoms with Crippen molar-refractivity contribution in [3.05, 3.63) is 93.7 Å². The number of ether oxygens (including phenoxy) is 3. The minimum Gasteiger partial charge on any atom is -0.464 e. The zero-order valence-electron chi connectivity index (χ0n) is 20.7. The average molecular weight is 506 g/mol. The Labute approximate surface area is 213 Å². The quantitative estimate of drug-likeness (QED) is 0.336. The van der Waals surface area contributed by atoms with Gasteiger partial charge in [-0.05, 0) is 18.6 Å². The molecule has 3 aromatic rings. The lowest BCUT2D eigenvalue weighted by atomic mass is 10.1. The van der Waals surface area contributed by atoms with E-state index in [1.54, 1.807) is 49.6 Å². The van der Waals surface area contributed by atoms with Crippen LogP contribution in [0.4, 0.5) is 0 Å². The summed E-state index contributed by atoms with van der Waals surface area (Å²) in [5.41, 5.74) is -0.388. The molecule has 0 unspecified atom stereocenters. The molecule has 1 aliphatic rings. The van der Waals surface area contributed by atoms with Crippen LogP contribution in [-0.4, -0.2) is 65.6 Å². The van der Waals surface area contributed by atoms with E-state index < -0.39 is 35.0 Å². The monoisotopic (exact) mass is 505 g/mol. The van der Waals surface area contributed by atoms with Gasteiger partial charge in [-0.3, -0.25) is 19.1 Å². The van der Waals surface area contributed by atoms with Crippen LogP contribution in [0.3, 0.4) is 0 Å². The highest BCUT2D eigenvalue weighted by molar-refractivity contribution is 5.97. The van der Waals surface area contributed by atoms with Crippen LogP contribution in [0.15, 0.2) is 65.5 Å². The maximum Gasteiger partial charge on any atom is 0.360 e. The van der Waals surface area contributed by atoms with Crippen molar-refractivity contribution in [2.45, 2.75) is 18.6 Å². The summed E-state index contributed by atoms with van der Waals surface area (Å²) in [4.78, 5) is 57.9. The van der Waals surface area contributed by atoms with Gasteiger partial charge in [-0.1, -0.05) is 48.5 Å². The van der Waals surface area contributed by atoms with Gasteiger partial charge in [0, 0.05) is 26.3 Å². The maximum atomic E-state index is 13.4. The van der Waals surface area contributed by atoms with Crippen molar-refractivity contribution < 1.29 is 28.6 Å². The summed E-state index contributed by atoms with van der Waals surface area (Å²) in [5, 5.41) is 0. The molecule has 0 N–H and O–H groups in total. The number of rotatable bonds is 8. The first kappa shape index (κ1) is 25.9. The highest BCUT2D eigenvalue weighted by atomic mass is 16.5. The van der Waals surface area contributed by atoms with Crippen LogP contribution < -0.4 is 10.3 Å². The van der Waals surface area contributed by atoms with Crippen molar-refractivity contribution in [1.82, 2.24) is 14.5 Å². The second kappa shape index (κ2) is 11.3. The number of aromatic nitrogens is 2. The Hall–Kier alpha value is -4.15. The molecule has 37 heavy (non-hydrogen) atoms. The molecule has 0 saturated carbocycles. The van der Waals surface area contributed by atoms with E-state index in [0.717, 1.165) is 7.11 Å². The number of Topliss-reactive ketones (excluding diaryl/α,β-unsaturated/α-hetero) is 1. The predicted molar refractivity (Wildman–Crippen MR) is 133 cm³/mol. The summed E-state index contributed by atoms with van der Waals surface area (Å²) < 4.78 is 17.0. The lowest BCUT2D eigenvalue weighted by molar-refractivity contribution is 0.0581. The Morgan fingerprint density at radius 3 is 2.16 bits per heavy atom. The Kier molecular flexibility index (Phi) is 7.90. The van der Waals surface area contributed by atoms with Crippen LogP contribution in [-0.2, 0) is 16.5 Å². The molecule has 4 rings (SSSR count). The van der Waals surface area contributed by atoms with E-state index in [2.05, 4.69) is 4.98 Å². The molecule has 1 aromatic heterocycles. The van der Waals surface area contributed by atoms with Gasteiger partial charge >= 0.3 is 11.9 Å². The Morgan fingerprint density at radius 1 is 0.946 bits per heavy atom. The van der Waals surface area contributed by atoms with Crippen LogP contribution in [0.1, 0.15) is 49.5 Å². The van der Waals surface area contributed by atoms with E-state index in [1.807, 2.05) is 11.0 Å². The molecule has 2 aromatic carbocycles. The van der Waals surface area contributed by atoms with Gasteiger partial charge in [-0.15, -0.1) is 0 Å². The van der Waals surface area contributed by atoms with Gasteiger partial charge in [-0.2, -0.15) is 0 Å². The number of carbonyl (C=O) groups excluding carboxylic acids is 3. The summed E-state index contributed by atoms with van der Waals surface area (Å²) >= 11 is 0. The standard InChI is InChI=1S/C27H27N3O7/c1-29-24(20-14-19(35-2)15-30(20)16-21(31)17-10-6-4-7-11-17)28-22(27(34)36-3)23(25(29)32)37-26(33)18-12-8-5-9-13-18/h4-13,19-20H,14-16H2,1-3H3/t19-,20+/m1/s1. The van der Waals surface area contributed by atoms with Crippen LogP contribution >= 0.6 is 0 Å². The van der Waals surface area contributed by atoms with E-state index in [-0.39, 0.29) is 29.8 Å². The summed E-state index contributed by atoms with van der Waals surface area (Å²) in [7, 11) is 4.19. The van der Waals surface area contributed by atoms with Crippen LogP contribution in [0.5, 0.6) is 5.75 Å². The maximum absolute atomic E-state index is 13.4. The molecule has 0 amide bonds. The van der Waals surface area contributed by atoms with Gasteiger partial charge in [0.1, 0.15) is 5.82 Å². The van der Waals surface area contributed by atoms with E-state index in [9.17, 15) is 19.2 Å². The lowest BCUT2D eigenvalue weighted by Gasteiger charge is -2.25. The number of methoxy groups -OCH3 is 2. The first-order chi connectivity index (χ1) is 17.8. The normalized spacial score (nSPS) is 17.4. The third-order valence-corrected chi connectivity index (χ3v) is 6.31. The molecule has 1 aliphatic heterocycles. The summed E-state index contributed by atoms with van der Waals surface area (Å²) in [6.07, 6.45) is 0.213. The largest absolute Gasteiger partial charge is 0.464 e. The summed E-state index contributed by atoms with van der Waals surface area (Å²) in [6, 6.07) is 16.4. The van der Waals surface area contributed by atoms with Crippen molar-refractivity contribution in [3.8, 4) is 5.75 Å². The average Bonchev–Trinajstić information content (AvgIpc) is 3.34. The number of ketones is 1. The van der Waals surface area contributed by atoms with Gasteiger partial charge in [0.2, 0.25) is 5.75 Å². The van der Waals surface area contributed by atoms with Gasteiger partial charge < -0.3 is 14.2 Å². The lowest BCUT2D eigenvalue weighted by Crippen LogP contribution is -2.36. The molecular formula is C27H27N3O7. The van der Waals surface area contributed by atoms with E-state index >= 15 is 0 Å². The Balaban J connectivity index is 1.72. The van der Waals surface area contributed by atoms with Crippen molar-refractivity contribution in [3.63, 3.8) is 0 Å². The number of esters is 2. The zero-order chi connectivity index (χ0) is 26.5. The third kappa shape index (κ3) is 5.50. The number of likely N-dealkylation sites (tertiary alicyclic amines) is 1. The fourth-order valence-corrected chi connectivity index (χ4v) is 4.32. The summed E-state index contributed by atoms with van der Waals surface area (Å²) in [6.45, 7) is 0.483. The molecule has 10 nitrogen and oxygen atoms in total. The summed E-state index contributed by atoms with van der Waals surface area (Å²) in [5.74, 6) is -2.14. The number of carbonyl (C=O) groups is 3. The molecule has 0 radical (unpaired) electrons. The zero-order valence-corrected chi connectivity index (χ0v) is 20.7. The van der Waals surface area contributed by atoms with E-state index in [0.29, 0.717) is 18.5 Å². The molecule has 0 aliphatic carbocycles. The minimum absolute atomic E-state index is 0.0582. The second-order valence-electron chi connectivity index (χ2n) is 8.59. The van der Waals surface area contributed by atoms with Crippen molar-refractivity contribution in [1.29, 1.82) is 0 Å². The minimum atomic E-state index is -0.928. The molecule has 2 atom stereocenters. The Morgan fingerprint density at radius 2 is 1.57 bits per heavy atom. The first-order valence-electron chi connectivity index (χ1n) is 11.7. The topological polar surface area (TPSA) is 117 Å². The second-order valence-corrected chi connectivity index (χ2v) is 8.59. The van der Waals surface area contributed by atoms with Crippen LogP contribution in [0.2, 0.25) is 0 Å². The SMILES string of the molecule is COC(=O)c1nc([C@@H]2C[C@@H](OC)CN2CC(=O)c2ccccc2)n(C)c(=O)c1OC(=O)c1ccccc1. The van der Waals surface area contributed by atoms with Gasteiger partial charge in [-0.25, -0.2) is 14.6 Å². The van der Waals surface area contributed by atoms with E-state index in [4.69, 9.17) is 14.2 Å². The first-order valence-corrected chi connectivity index (χ1v) is 11.7. The van der Waals surface area contributed by atoms with E-state index in [1.165, 1.54) is 23.7 Å². The highest BCUT2D eigenvalue weighted by Crippen LogP contribution is 2.33. The molecule has 10 heteroatoms. The number of benzene rings is 2. The molecule has 0 spiro atoms. The Bertz CT molecular complexity index is 1360. The van der Waals surface area contributed by atoms with Gasteiger partial charge in [0.25, 0.3) is 5.56 Å². The van der Waals surface area contributed by atoms with Gasteiger partial charge in [0.15, 0.2) is 11.5 Å². The van der Waals surface area contributed by atoms with Crippen molar-refractivity contribution in [2.24, 2.45) is 7.05 Å². The molecule has 0 bridgehead atoms. The molecule has 1 fully saturated rings. The number of hydrogen-bond acceptors (Lipinski definition) is 9. The fourth-order valence-electron chi connectivity index (χ4n) is 4.32. The third-order valence-electron chi connectivity index (χ3n) is 6.31. The molecule has 2 heterocycles. The predicted octanol–water partition coefficient (Wildman–Crippen LogP) is 2.43. The number of nitrogens with zero attached hydrogens (tertiary/aromatic N) is 3. The van der Waals surface area contributed by atoms with Crippen LogP contribution in [0.25, 0.3) is 0 Å². The number of hydrogen-bond donors (Lipinski definition) is 0. The van der Waals surface area contributed by atoms with Gasteiger partial charge in [0.05, 0.1) is 31.4 Å². The molecular weight excluding hydrogens is 478 g/mol. The highest BCUT2D eigenvalue weighted by Gasteiger charge is 2.38. The molecule has 192 valence electrons.